The van der Waals surface area contributed by atoms with Crippen molar-refractivity contribution in [2.24, 2.45) is 5.41 Å². The number of ether oxygens (including phenoxy) is 11. The number of imide groups is 1. The zero-order valence-electron chi connectivity index (χ0n) is 84.7. The molecule has 1 saturated heterocycles. The molecule has 0 spiro atoms. The summed E-state index contributed by atoms with van der Waals surface area (Å²) in [5.41, 5.74) is 12.5. The maximum atomic E-state index is 16.1. The minimum absolute atomic E-state index is 0.0241. The number of Topliss-reactive ketones (excluding diaryl/α,β-unsaturated/α-hetero) is 6. The minimum atomic E-state index is -4.96. The van der Waals surface area contributed by atoms with Gasteiger partial charge in [-0.05, 0) is 236 Å². The summed E-state index contributed by atoms with van der Waals surface area (Å²) in [4.78, 5) is 142. The Bertz CT molecular complexity index is 5230. The van der Waals surface area contributed by atoms with Crippen molar-refractivity contribution in [3.63, 3.8) is 0 Å². The Labute approximate surface area is 822 Å². The maximum absolute atomic E-state index is 16.1. The van der Waals surface area contributed by atoms with Crippen LogP contribution in [0.3, 0.4) is 0 Å². The molecule has 30 heteroatoms. The lowest BCUT2D eigenvalue weighted by Crippen LogP contribution is -2.38. The van der Waals surface area contributed by atoms with Crippen molar-refractivity contribution in [3.05, 3.63) is 146 Å². The van der Waals surface area contributed by atoms with E-state index in [0.29, 0.717) is 218 Å². The van der Waals surface area contributed by atoms with Crippen molar-refractivity contribution in [2.75, 3.05) is 170 Å². The summed E-state index contributed by atoms with van der Waals surface area (Å²) in [5.74, 6) is -2.37. The van der Waals surface area contributed by atoms with Crippen molar-refractivity contribution >= 4 is 85.6 Å². The molecule has 4 aromatic rings. The van der Waals surface area contributed by atoms with Crippen LogP contribution in [0.4, 0.5) is 11.4 Å². The molecular weight excluding hydrogens is 1800 g/mol. The van der Waals surface area contributed by atoms with E-state index in [1.807, 2.05) is 0 Å². The molecule has 0 saturated carbocycles. The van der Waals surface area contributed by atoms with Gasteiger partial charge in [-0.15, -0.1) is 5.06 Å². The first-order valence-electron chi connectivity index (χ1n) is 49.8. The molecule has 0 atom stereocenters. The number of hydrogen-bond acceptors (Lipinski definition) is 26. The van der Waals surface area contributed by atoms with Gasteiger partial charge in [-0.2, -0.15) is 4.58 Å². The number of unbranched alkanes of at least 4 members (excludes halogenated alkanes) is 4. The highest BCUT2D eigenvalue weighted by Crippen LogP contribution is 2.61. The number of fused-ring (bicyclic) bond motifs is 8. The topological polar surface area (TPSA) is 351 Å². The zero-order valence-corrected chi connectivity index (χ0v) is 85.5. The minimum Gasteiger partial charge on any atom is -0.744 e. The van der Waals surface area contributed by atoms with Crippen LogP contribution in [0.2, 0.25) is 0 Å². The first-order valence-corrected chi connectivity index (χ1v) is 51.2. The number of hydroxylamine groups is 2. The van der Waals surface area contributed by atoms with Crippen LogP contribution in [0.15, 0.2) is 112 Å². The van der Waals surface area contributed by atoms with Gasteiger partial charge >= 0.3 is 5.97 Å². The maximum Gasteiger partial charge on any atom is 0.333 e. The molecule has 0 bridgehead atoms. The standard InChI is InChI=1S/C109H150N4O25S/c1-76-26-30-86-88-70-94-96(72-92(88)108(90(86)68-76,40-36-79(4)116)41-37-80(5)117)110(44-19-15-17-22-77(2)114)98(106(94,10)11)32-27-83-74-105(8,9)75-84(28-33-99-107(12,13)95-71-89-87-31-29-85(139(124,125)126)69-91(87)109(42-38-81(6)118,43-39-82(7)119)93(89)73-97(95)111(99)45-20-16-18-23-78(3)115)104(83)112(100(120)24-21-25-103(123)138-113-101(121)34-35-102(113)122)46-47-128-50-51-130-54-55-132-58-59-134-62-63-136-66-67-137-65-64-135-61-60-133-57-56-131-53-52-129-49-48-127-14/h26-33,68-73H,15-25,34-67,74-75H2,1-14H3. The van der Waals surface area contributed by atoms with Gasteiger partial charge in [-0.1, -0.05) is 76.1 Å². The molecule has 3 aliphatic heterocycles. The van der Waals surface area contributed by atoms with E-state index < -0.39 is 59.9 Å². The Morgan fingerprint density at radius 1 is 0.446 bits per heavy atom. The number of carbonyl (C=O) groups is 10. The highest BCUT2D eigenvalue weighted by atomic mass is 32.2. The van der Waals surface area contributed by atoms with Gasteiger partial charge in [0.05, 0.1) is 155 Å². The van der Waals surface area contributed by atoms with E-state index >= 15 is 4.79 Å². The number of carbonyl (C=O) groups excluding carboxylic acids is 10. The van der Waals surface area contributed by atoms with Gasteiger partial charge in [0.25, 0.3) is 11.8 Å². The third-order valence-electron chi connectivity index (χ3n) is 27.2. The van der Waals surface area contributed by atoms with Crippen LogP contribution in [0, 0.1) is 12.3 Å². The molecule has 3 heterocycles. The quantitative estimate of drug-likeness (QED) is 0.0171. The van der Waals surface area contributed by atoms with Crippen molar-refractivity contribution < 1.29 is 122 Å². The molecule has 29 nitrogen and oxygen atoms in total. The average molecular weight is 1950 g/mol. The number of amides is 3. The highest BCUT2D eigenvalue weighted by Gasteiger charge is 2.52. The van der Waals surface area contributed by atoms with Gasteiger partial charge in [0, 0.05) is 136 Å². The predicted molar refractivity (Wildman–Crippen MR) is 527 cm³/mol. The third-order valence-corrected chi connectivity index (χ3v) is 28.0. The monoisotopic (exact) mass is 1950 g/mol. The van der Waals surface area contributed by atoms with E-state index in [-0.39, 0.29) is 138 Å². The molecule has 3 aliphatic carbocycles. The molecule has 3 amide bonds. The fraction of sp³-hybridized carbons (Fsp3) is 0.606. The van der Waals surface area contributed by atoms with Gasteiger partial charge < -0.3 is 100 Å². The lowest BCUT2D eigenvalue weighted by atomic mass is 9.70. The van der Waals surface area contributed by atoms with Crippen LogP contribution >= 0.6 is 0 Å². The Morgan fingerprint density at radius 3 is 1.36 bits per heavy atom. The molecule has 0 unspecified atom stereocenters. The molecule has 6 aliphatic rings. The molecule has 0 N–H and O–H groups in total. The number of hydrogen-bond donors (Lipinski definition) is 0. The van der Waals surface area contributed by atoms with E-state index in [1.54, 1.807) is 45.8 Å². The average Bonchev–Trinajstić information content (AvgIpc) is 1.54. The van der Waals surface area contributed by atoms with E-state index in [0.717, 1.165) is 96.8 Å². The normalized spacial score (nSPS) is 16.8. The second kappa shape index (κ2) is 53.3. The number of ketones is 6. The Balaban J connectivity index is 0.994. The molecule has 0 radical (unpaired) electrons. The second-order valence-corrected chi connectivity index (χ2v) is 40.9. The molecular formula is C109H150N4O25S. The van der Waals surface area contributed by atoms with Gasteiger partial charge in [0.2, 0.25) is 11.6 Å². The van der Waals surface area contributed by atoms with E-state index in [4.69, 9.17) is 56.9 Å². The summed E-state index contributed by atoms with van der Waals surface area (Å²) >= 11 is 0. The second-order valence-electron chi connectivity index (χ2n) is 39.5. The lowest BCUT2D eigenvalue weighted by molar-refractivity contribution is -0.438. The number of rotatable bonds is 67. The SMILES string of the molecule is COCCOCCOCCOCCOCCOCCOCCOCCOCCOCCOCCN(C(=O)CCCC(=O)ON1C(=O)CCC1=O)C1=C(/C=C/C2=[N+](CCCCCC(C)=O)c3cc4c(cc3C2(C)C)-c2ccc(C)cc2C4(CCC(C)=O)CCC(C)=O)CC(C)(C)C/C1=C\C=C1\N(CCCCCC(C)=O)c2cc3c(cc2C1(C)C)-c1ccc(S(=O)(=O)[O-])cc1C3(CCC(C)=O)CCC(C)=O. The molecule has 1 fully saturated rings. The zero-order chi connectivity index (χ0) is 101. The van der Waals surface area contributed by atoms with E-state index in [1.165, 1.54) is 26.0 Å². The largest absolute Gasteiger partial charge is 0.744 e. The molecule has 4 aromatic carbocycles. The highest BCUT2D eigenvalue weighted by molar-refractivity contribution is 7.85. The van der Waals surface area contributed by atoms with Crippen LogP contribution in [-0.4, -0.2) is 257 Å². The van der Waals surface area contributed by atoms with Gasteiger partial charge in [0.15, 0.2) is 5.71 Å². The third kappa shape index (κ3) is 30.7. The summed E-state index contributed by atoms with van der Waals surface area (Å²) in [6, 6.07) is 19.9. The fourth-order valence-corrected chi connectivity index (χ4v) is 20.6. The Hall–Kier alpha value is -9.12. The number of nitrogens with zero attached hydrogens (tertiary/aromatic N) is 4. The Morgan fingerprint density at radius 2 is 0.885 bits per heavy atom. The molecule has 139 heavy (non-hydrogen) atoms. The molecule has 10 rings (SSSR count). The van der Waals surface area contributed by atoms with Crippen LogP contribution in [0.1, 0.15) is 270 Å². The Kier molecular flexibility index (Phi) is 42.9. The van der Waals surface area contributed by atoms with Crippen LogP contribution < -0.4 is 4.90 Å². The first kappa shape index (κ1) is 112. The van der Waals surface area contributed by atoms with E-state index in [9.17, 15) is 56.1 Å². The first-order chi connectivity index (χ1) is 66.3. The van der Waals surface area contributed by atoms with Gasteiger partial charge in [0.1, 0.15) is 51.4 Å². The van der Waals surface area contributed by atoms with Crippen LogP contribution in [-0.2, 0) is 137 Å². The molecule has 762 valence electrons. The summed E-state index contributed by atoms with van der Waals surface area (Å²) in [7, 11) is -3.33. The van der Waals surface area contributed by atoms with Gasteiger partial charge in [-0.3, -0.25) is 14.4 Å². The number of benzene rings is 4. The van der Waals surface area contributed by atoms with Crippen molar-refractivity contribution in [2.45, 2.75) is 264 Å². The summed E-state index contributed by atoms with van der Waals surface area (Å²) in [5, 5.41) is 0.502. The predicted octanol–water partition coefficient (Wildman–Crippen LogP) is 16.2. The summed E-state index contributed by atoms with van der Waals surface area (Å²) < 4.78 is 104. The van der Waals surface area contributed by atoms with Crippen LogP contribution in [0.25, 0.3) is 22.3 Å². The van der Waals surface area contributed by atoms with Crippen LogP contribution in [0.5, 0.6) is 0 Å². The fourth-order valence-electron chi connectivity index (χ4n) is 20.1. The number of allylic oxidation sites excluding steroid dienone is 7. The number of aryl methyl sites for hydroxylation is 1. The lowest BCUT2D eigenvalue weighted by Gasteiger charge is -2.39. The summed E-state index contributed by atoms with van der Waals surface area (Å²) in [6.07, 6.45) is 16.2. The van der Waals surface area contributed by atoms with Gasteiger partial charge in [-0.25, -0.2) is 13.2 Å². The number of anilines is 1. The van der Waals surface area contributed by atoms with Crippen molar-refractivity contribution in [3.8, 4) is 22.3 Å². The van der Waals surface area contributed by atoms with Crippen molar-refractivity contribution in [1.29, 1.82) is 0 Å². The summed E-state index contributed by atoms with van der Waals surface area (Å²) in [6.45, 7) is 33.7. The smallest absolute Gasteiger partial charge is 0.333 e. The number of methoxy groups -OCH3 is 1. The van der Waals surface area contributed by atoms with E-state index in [2.05, 4.69) is 125 Å². The molecule has 0 aromatic heterocycles. The van der Waals surface area contributed by atoms with Crippen molar-refractivity contribution in [1.82, 2.24) is 9.96 Å².